The molecular formula is C6H10N2O6. The minimum absolute atomic E-state index is 0.477. The molecule has 0 aromatic rings. The number of carboxylic acids is 2. The Morgan fingerprint density at radius 1 is 1.07 bits per heavy atom. The first-order chi connectivity index (χ1) is 6.45. The summed E-state index contributed by atoms with van der Waals surface area (Å²) in [5, 5.41) is 16.7. The molecule has 0 rings (SSSR count). The van der Waals surface area contributed by atoms with Crippen molar-refractivity contribution in [1.82, 2.24) is 4.90 Å². The highest BCUT2D eigenvalue weighted by Gasteiger charge is 2.17. The maximum atomic E-state index is 10.6. The fourth-order valence-electron chi connectivity index (χ4n) is 0.770. The number of carbonyl (C=O) groups excluding carboxylic acids is 1. The van der Waals surface area contributed by atoms with E-state index in [1.165, 1.54) is 0 Å². The van der Waals surface area contributed by atoms with Crippen LogP contribution in [0, 0.1) is 0 Å². The fourth-order valence-corrected chi connectivity index (χ4v) is 0.770. The molecule has 0 aliphatic carbocycles. The average molecular weight is 206 g/mol. The second-order valence-electron chi connectivity index (χ2n) is 2.42. The highest BCUT2D eigenvalue weighted by Crippen LogP contribution is 1.89. The molecule has 8 nitrogen and oxygen atoms in total. The minimum Gasteiger partial charge on any atom is -0.480 e. The lowest BCUT2D eigenvalue weighted by molar-refractivity contribution is -0.148. The molecule has 0 amide bonds. The molecule has 0 aromatic carbocycles. The maximum absolute atomic E-state index is 10.6. The van der Waals surface area contributed by atoms with Crippen LogP contribution in [0.15, 0.2) is 0 Å². The Kier molecular flexibility index (Phi) is 5.19. The van der Waals surface area contributed by atoms with Gasteiger partial charge in [-0.2, -0.15) is 5.90 Å². The van der Waals surface area contributed by atoms with Gasteiger partial charge in [-0.15, -0.1) is 0 Å². The molecule has 8 heteroatoms. The predicted molar refractivity (Wildman–Crippen MR) is 42.0 cm³/mol. The molecule has 0 unspecified atom stereocenters. The van der Waals surface area contributed by atoms with Crippen molar-refractivity contribution in [2.75, 3.05) is 19.6 Å². The van der Waals surface area contributed by atoms with Crippen molar-refractivity contribution in [3.63, 3.8) is 0 Å². The number of carbonyl (C=O) groups is 3. The van der Waals surface area contributed by atoms with Crippen LogP contribution in [0.5, 0.6) is 0 Å². The summed E-state index contributed by atoms with van der Waals surface area (Å²) in [4.78, 5) is 35.7. The van der Waals surface area contributed by atoms with Crippen molar-refractivity contribution >= 4 is 17.9 Å². The van der Waals surface area contributed by atoms with E-state index in [0.717, 1.165) is 4.90 Å². The Labute approximate surface area is 78.8 Å². The van der Waals surface area contributed by atoms with E-state index < -0.39 is 37.5 Å². The van der Waals surface area contributed by atoms with Gasteiger partial charge in [-0.25, -0.2) is 4.79 Å². The Morgan fingerprint density at radius 3 is 1.79 bits per heavy atom. The summed E-state index contributed by atoms with van der Waals surface area (Å²) in [6.45, 7) is -1.61. The van der Waals surface area contributed by atoms with Crippen LogP contribution >= 0.6 is 0 Å². The van der Waals surface area contributed by atoms with Gasteiger partial charge in [0.15, 0.2) is 0 Å². The zero-order chi connectivity index (χ0) is 11.1. The molecule has 80 valence electrons. The third kappa shape index (κ3) is 5.91. The number of carboxylic acid groups (broad SMARTS) is 2. The van der Waals surface area contributed by atoms with Crippen molar-refractivity contribution in [3.05, 3.63) is 0 Å². The average Bonchev–Trinajstić information content (AvgIpc) is 2.01. The molecule has 14 heavy (non-hydrogen) atoms. The zero-order valence-electron chi connectivity index (χ0n) is 7.17. The third-order valence-electron chi connectivity index (χ3n) is 1.20. The van der Waals surface area contributed by atoms with Crippen molar-refractivity contribution in [2.45, 2.75) is 0 Å². The molecular weight excluding hydrogens is 196 g/mol. The number of hydrogen-bond donors (Lipinski definition) is 3. The van der Waals surface area contributed by atoms with Gasteiger partial charge in [0.1, 0.15) is 0 Å². The molecule has 0 fully saturated rings. The van der Waals surface area contributed by atoms with E-state index in [4.69, 9.17) is 10.2 Å². The van der Waals surface area contributed by atoms with Gasteiger partial charge >= 0.3 is 17.9 Å². The van der Waals surface area contributed by atoms with Gasteiger partial charge in [-0.05, 0) is 0 Å². The normalized spacial score (nSPS) is 9.86. The molecule has 0 aliphatic heterocycles. The SMILES string of the molecule is NOC(=O)CN(CC(=O)O)CC(=O)O. The fraction of sp³-hybridized carbons (Fsp3) is 0.500. The maximum Gasteiger partial charge on any atom is 0.338 e. The van der Waals surface area contributed by atoms with E-state index in [1.54, 1.807) is 0 Å². The topological polar surface area (TPSA) is 130 Å². The lowest BCUT2D eigenvalue weighted by atomic mass is 10.4. The Hall–Kier alpha value is -1.67. The van der Waals surface area contributed by atoms with Crippen LogP contribution in [0.3, 0.4) is 0 Å². The van der Waals surface area contributed by atoms with Crippen molar-refractivity contribution < 1.29 is 29.4 Å². The summed E-state index contributed by atoms with van der Waals surface area (Å²) in [6, 6.07) is 0. The molecule has 0 aromatic heterocycles. The van der Waals surface area contributed by atoms with Gasteiger partial charge in [0.25, 0.3) is 0 Å². The first-order valence-corrected chi connectivity index (χ1v) is 3.51. The number of hydrogen-bond acceptors (Lipinski definition) is 6. The van der Waals surface area contributed by atoms with Crippen LogP contribution in [-0.4, -0.2) is 52.7 Å². The molecule has 0 radical (unpaired) electrons. The Balaban J connectivity index is 4.16. The largest absolute Gasteiger partial charge is 0.480 e. The summed E-state index contributed by atoms with van der Waals surface area (Å²) >= 11 is 0. The monoisotopic (exact) mass is 206 g/mol. The first kappa shape index (κ1) is 12.3. The lowest BCUT2D eigenvalue weighted by Gasteiger charge is -2.15. The molecule has 0 heterocycles. The number of nitrogens with zero attached hydrogens (tertiary/aromatic N) is 1. The Morgan fingerprint density at radius 2 is 1.50 bits per heavy atom. The molecule has 0 saturated heterocycles. The molecule has 0 spiro atoms. The molecule has 4 N–H and O–H groups in total. The van der Waals surface area contributed by atoms with Gasteiger partial charge in [0.2, 0.25) is 0 Å². The van der Waals surface area contributed by atoms with Gasteiger partial charge in [0.05, 0.1) is 19.6 Å². The summed E-state index contributed by atoms with van der Waals surface area (Å²) in [5.41, 5.74) is 0. The van der Waals surface area contributed by atoms with Crippen LogP contribution in [0.1, 0.15) is 0 Å². The number of nitrogens with two attached hydrogens (primary N) is 1. The van der Waals surface area contributed by atoms with E-state index >= 15 is 0 Å². The van der Waals surface area contributed by atoms with Crippen molar-refractivity contribution in [2.24, 2.45) is 5.90 Å². The first-order valence-electron chi connectivity index (χ1n) is 3.51. The highest BCUT2D eigenvalue weighted by molar-refractivity contribution is 5.76. The molecule has 0 atom stereocenters. The predicted octanol–water partition coefficient (Wildman–Crippen LogP) is -2.13. The van der Waals surface area contributed by atoms with E-state index in [-0.39, 0.29) is 0 Å². The van der Waals surface area contributed by atoms with E-state index in [1.807, 2.05) is 0 Å². The number of aliphatic carboxylic acids is 2. The highest BCUT2D eigenvalue weighted by atomic mass is 16.7. The zero-order valence-corrected chi connectivity index (χ0v) is 7.17. The molecule has 0 saturated carbocycles. The van der Waals surface area contributed by atoms with Gasteiger partial charge in [0, 0.05) is 0 Å². The Bertz CT molecular complexity index is 224. The van der Waals surface area contributed by atoms with Gasteiger partial charge in [-0.1, -0.05) is 0 Å². The summed E-state index contributed by atoms with van der Waals surface area (Å²) in [7, 11) is 0. The smallest absolute Gasteiger partial charge is 0.338 e. The second-order valence-corrected chi connectivity index (χ2v) is 2.42. The second kappa shape index (κ2) is 5.89. The van der Waals surface area contributed by atoms with Gasteiger partial charge in [-0.3, -0.25) is 14.5 Å². The van der Waals surface area contributed by atoms with Gasteiger partial charge < -0.3 is 15.1 Å². The van der Waals surface area contributed by atoms with Crippen LogP contribution in [0.4, 0.5) is 0 Å². The van der Waals surface area contributed by atoms with Crippen molar-refractivity contribution in [1.29, 1.82) is 0 Å². The van der Waals surface area contributed by atoms with Crippen LogP contribution in [-0.2, 0) is 19.2 Å². The number of rotatable bonds is 6. The van der Waals surface area contributed by atoms with E-state index in [9.17, 15) is 14.4 Å². The summed E-state index contributed by atoms with van der Waals surface area (Å²) in [6.07, 6.45) is 0. The molecule has 0 aliphatic rings. The van der Waals surface area contributed by atoms with Crippen LogP contribution < -0.4 is 5.90 Å². The van der Waals surface area contributed by atoms with Crippen LogP contribution in [0.2, 0.25) is 0 Å². The standard InChI is InChI=1S/C6H10N2O6/c7-14-6(13)3-8(1-4(9)10)2-5(11)12/h1-3,7H2,(H,9,10)(H,11,12). The third-order valence-corrected chi connectivity index (χ3v) is 1.20. The lowest BCUT2D eigenvalue weighted by Crippen LogP contribution is -2.39. The van der Waals surface area contributed by atoms with E-state index in [2.05, 4.69) is 10.7 Å². The van der Waals surface area contributed by atoms with Crippen LogP contribution in [0.25, 0.3) is 0 Å². The summed E-state index contributed by atoms with van der Waals surface area (Å²) in [5.74, 6) is 1.14. The quantitative estimate of drug-likeness (QED) is 0.420. The van der Waals surface area contributed by atoms with E-state index in [0.29, 0.717) is 0 Å². The molecule has 0 bridgehead atoms. The minimum atomic E-state index is -1.24. The summed E-state index contributed by atoms with van der Waals surface area (Å²) < 4.78 is 0. The van der Waals surface area contributed by atoms with Crippen molar-refractivity contribution in [3.8, 4) is 0 Å².